The third-order valence-electron chi connectivity index (χ3n) is 27.8. The number of aromatic hydroxyl groups is 1. The molecule has 2 unspecified atom stereocenters. The number of alkyl halides is 3. The topological polar surface area (TPSA) is 145 Å². The highest BCUT2D eigenvalue weighted by atomic mass is 32.2. The summed E-state index contributed by atoms with van der Waals surface area (Å²) in [6, 6.07) is 56.5. The van der Waals surface area contributed by atoms with Crippen molar-refractivity contribution < 1.29 is 67.7 Å². The molecular weight excluding hydrogens is 1650 g/mol. The standard InChI is InChI=1S/C42H62O3Si.C38H63BO3Si.C26H27F3O6SSi/c1-15-42(16-2,36-20-21-38(30(4)24-36)34-26-32(25-31(5)44-12)27-37(43)28-34)35-19-17-33(29(3)23-35)18-22-39(40(6,7)8)45-46(13,14)41(9,10)11;1-17-38(18-2,31-22-23-32(28(4)26-31)39-41-36(11,12)37(13,14)42-39)30-21-19-29(27(3)25-30)20-24-33(34(5,6)7)40-43(15,16)35(8,9)10;1-25(2,3)37(22-11-7-5-8-12-22,23-13-9-6-10-14-23)35-21-16-19(17-24(30)33-4)15-20(18-21)34-36(31,32)26(27,28)29/h17,19-21,23-24,26-28,39,43H,5,15-16,18,22,25H2,1-4,6-14H3;19,21-23,25-26,33H,17-18,20,24H2,1-16H3;5-16,18H,17H2,1-4H3. The molecule has 0 spiro atoms. The summed E-state index contributed by atoms with van der Waals surface area (Å²) in [5, 5.41) is 12.2. The number of allylic oxidation sites excluding steroid dienone is 1. The number of carbonyl (C=O) groups is 1. The van der Waals surface area contributed by atoms with E-state index in [0.29, 0.717) is 12.2 Å². The quantitative estimate of drug-likeness (QED) is 0.0145. The van der Waals surface area contributed by atoms with E-state index in [0.717, 1.165) is 103 Å². The zero-order valence-electron chi connectivity index (χ0n) is 82.7. The molecule has 1 aliphatic rings. The fourth-order valence-corrected chi connectivity index (χ4v) is 24.7. The van der Waals surface area contributed by atoms with Crippen LogP contribution in [0.25, 0.3) is 11.1 Å². The van der Waals surface area contributed by atoms with E-state index in [1.54, 1.807) is 13.2 Å². The van der Waals surface area contributed by atoms with E-state index >= 15 is 0 Å². The highest BCUT2D eigenvalue weighted by molar-refractivity contribution is 7.88. The van der Waals surface area contributed by atoms with Crippen LogP contribution >= 0.6 is 0 Å². The van der Waals surface area contributed by atoms with Crippen LogP contribution in [-0.2, 0) is 79.1 Å². The summed E-state index contributed by atoms with van der Waals surface area (Å²) in [6.45, 7) is 74.1. The fourth-order valence-electron chi connectivity index (χ4n) is 16.8. The van der Waals surface area contributed by atoms with E-state index in [1.807, 2.05) is 87.5 Å². The minimum absolute atomic E-state index is 0.0398. The molecule has 12 nitrogen and oxygen atoms in total. The lowest BCUT2D eigenvalue weighted by molar-refractivity contribution is -0.139. The van der Waals surface area contributed by atoms with Gasteiger partial charge in [-0.3, -0.25) is 4.79 Å². The number of ether oxygens (including phenoxy) is 2. The molecular formula is C106H152BF3O12SSi3. The smallest absolute Gasteiger partial charge is 0.534 e. The Morgan fingerprint density at radius 3 is 1.25 bits per heavy atom. The maximum atomic E-state index is 13.0. The fraction of sp³-hybridized carbons (Fsp3) is 0.519. The predicted octanol–water partition coefficient (Wildman–Crippen LogP) is 26.5. The molecule has 1 aliphatic heterocycles. The largest absolute Gasteiger partial charge is 0.534 e. The van der Waals surface area contributed by atoms with Crippen molar-refractivity contribution >= 4 is 64.0 Å². The minimum atomic E-state index is -5.96. The Labute approximate surface area is 761 Å². The molecule has 1 saturated heterocycles. The number of phenolic OH excluding ortho intramolecular Hbond substituents is 1. The summed E-state index contributed by atoms with van der Waals surface area (Å²) in [4.78, 5) is 11.9. The number of methoxy groups -OCH3 is 2. The number of rotatable bonds is 31. The maximum absolute atomic E-state index is 13.0. The van der Waals surface area contributed by atoms with Crippen molar-refractivity contribution in [2.75, 3.05) is 14.2 Å². The lowest BCUT2D eigenvalue weighted by atomic mass is 9.67. The second kappa shape index (κ2) is 40.9. The molecule has 1 heterocycles. The molecule has 1 N–H and O–H groups in total. The second-order valence-electron chi connectivity index (χ2n) is 42.2. The summed E-state index contributed by atoms with van der Waals surface area (Å²) in [7, 11) is -10.5. The molecule has 8 aromatic carbocycles. The Hall–Kier alpha value is -7.53. The summed E-state index contributed by atoms with van der Waals surface area (Å²) < 4.78 is 111. The van der Waals surface area contributed by atoms with Crippen LogP contribution in [0, 0.1) is 38.5 Å². The van der Waals surface area contributed by atoms with Gasteiger partial charge in [-0.25, -0.2) is 0 Å². The Bertz CT molecular complexity index is 5060. The third-order valence-corrected chi connectivity index (χ3v) is 42.7. The van der Waals surface area contributed by atoms with Crippen LogP contribution in [0.4, 0.5) is 13.2 Å². The van der Waals surface area contributed by atoms with Crippen LogP contribution in [-0.4, -0.2) is 94.7 Å². The van der Waals surface area contributed by atoms with Gasteiger partial charge in [0.2, 0.25) is 0 Å². The van der Waals surface area contributed by atoms with Crippen molar-refractivity contribution in [2.24, 2.45) is 10.8 Å². The van der Waals surface area contributed by atoms with Gasteiger partial charge in [-0.1, -0.05) is 283 Å². The van der Waals surface area contributed by atoms with Crippen LogP contribution in [0.1, 0.15) is 265 Å². The molecule has 0 amide bonds. The number of benzene rings is 8. The molecule has 9 rings (SSSR count). The van der Waals surface area contributed by atoms with Gasteiger partial charge < -0.3 is 41.4 Å². The molecule has 0 saturated carbocycles. The Morgan fingerprint density at radius 2 is 0.889 bits per heavy atom. The number of aryl methyl sites for hydroxylation is 6. The van der Waals surface area contributed by atoms with Crippen LogP contribution in [0.5, 0.6) is 17.2 Å². The summed E-state index contributed by atoms with van der Waals surface area (Å²) in [5.74, 6) is -0.316. The van der Waals surface area contributed by atoms with E-state index in [-0.39, 0.29) is 85.7 Å². The van der Waals surface area contributed by atoms with Crippen molar-refractivity contribution in [3.8, 4) is 28.4 Å². The van der Waals surface area contributed by atoms with E-state index < -0.39 is 57.3 Å². The molecule has 0 aliphatic carbocycles. The number of hydrogen-bond donors (Lipinski definition) is 1. The van der Waals surface area contributed by atoms with Crippen LogP contribution in [0.15, 0.2) is 182 Å². The number of halogens is 3. The van der Waals surface area contributed by atoms with Gasteiger partial charge in [0.1, 0.15) is 17.2 Å². The van der Waals surface area contributed by atoms with Crippen LogP contribution < -0.4 is 24.4 Å². The zero-order valence-corrected chi connectivity index (χ0v) is 86.5. The van der Waals surface area contributed by atoms with Crippen molar-refractivity contribution in [3.05, 3.63) is 249 Å². The number of esters is 1. The second-order valence-corrected chi connectivity index (χ2v) is 57.5. The van der Waals surface area contributed by atoms with Crippen molar-refractivity contribution in [1.29, 1.82) is 0 Å². The van der Waals surface area contributed by atoms with Crippen LogP contribution in [0.2, 0.25) is 41.3 Å². The summed E-state index contributed by atoms with van der Waals surface area (Å²) >= 11 is 0. The maximum Gasteiger partial charge on any atom is 0.534 e. The van der Waals surface area contributed by atoms with Crippen molar-refractivity contribution in [1.82, 2.24) is 0 Å². The summed E-state index contributed by atoms with van der Waals surface area (Å²) in [6.07, 6.45) is 8.95. The monoisotopic (exact) mass is 1800 g/mol. The molecule has 0 radical (unpaired) electrons. The molecule has 20 heteroatoms. The average molecular weight is 1800 g/mol. The predicted molar refractivity (Wildman–Crippen MR) is 526 cm³/mol. The summed E-state index contributed by atoms with van der Waals surface area (Å²) in [5.41, 5.74) is 11.7. The first kappa shape index (κ1) is 106. The number of phenols is 1. The Kier molecular flexibility index (Phi) is 34.2. The highest BCUT2D eigenvalue weighted by Gasteiger charge is 2.55. The first-order chi connectivity index (χ1) is 58.0. The van der Waals surface area contributed by atoms with E-state index in [4.69, 9.17) is 27.3 Å². The normalized spacial score (nSPS) is 14.9. The first-order valence-electron chi connectivity index (χ1n) is 45.2. The molecule has 126 heavy (non-hydrogen) atoms. The number of carbonyl (C=O) groups excluding carboxylic acids is 1. The molecule has 0 aromatic heterocycles. The van der Waals surface area contributed by atoms with E-state index in [2.05, 4.69) is 287 Å². The Morgan fingerprint density at radius 1 is 0.492 bits per heavy atom. The highest BCUT2D eigenvalue weighted by Crippen LogP contribution is 2.48. The van der Waals surface area contributed by atoms with Gasteiger partial charge in [0.15, 0.2) is 16.6 Å². The molecule has 1 fully saturated rings. The lowest BCUT2D eigenvalue weighted by Gasteiger charge is -2.43. The van der Waals surface area contributed by atoms with Crippen molar-refractivity contribution in [2.45, 2.75) is 332 Å². The van der Waals surface area contributed by atoms with Gasteiger partial charge in [-0.15, -0.1) is 0 Å². The molecule has 8 aromatic rings. The molecule has 0 bridgehead atoms. The van der Waals surface area contributed by atoms with Gasteiger partial charge in [0.05, 0.1) is 49.8 Å². The van der Waals surface area contributed by atoms with Gasteiger partial charge in [0.25, 0.3) is 0 Å². The van der Waals surface area contributed by atoms with Gasteiger partial charge in [0, 0.05) is 23.3 Å². The molecule has 2 atom stereocenters. The van der Waals surface area contributed by atoms with E-state index in [1.165, 1.54) is 61.7 Å². The lowest BCUT2D eigenvalue weighted by Crippen LogP contribution is -2.68. The molecule has 690 valence electrons. The van der Waals surface area contributed by atoms with Gasteiger partial charge in [-0.05, 0) is 271 Å². The third kappa shape index (κ3) is 25.0. The minimum Gasteiger partial charge on any atom is -0.534 e. The first-order valence-corrected chi connectivity index (χ1v) is 54.3. The average Bonchev–Trinajstić information content (AvgIpc) is 0.825. The van der Waals surface area contributed by atoms with Crippen molar-refractivity contribution in [3.63, 3.8) is 0 Å². The number of hydrogen-bond acceptors (Lipinski definition) is 12. The zero-order chi connectivity index (χ0) is 95.0. The van der Waals surface area contributed by atoms with Gasteiger partial charge in [-0.2, -0.15) is 21.6 Å². The SMILES string of the molecule is C=C(Cc1cc(O)cc(-c2ccc(C(CC)(CC)c3ccc(CCC(O[Si](C)(C)C(C)(C)C)C(C)(C)C)c(C)c3)cc2C)c1)OC.CCC(CC)(c1ccc(CCC(O[Si](C)(C)C(C)(C)C)C(C)(C)C)c(C)c1)c1ccc(B2OC(C)(C)C(C)(C)O2)c(C)c1.COC(=O)Cc1cc(O[Si](c2ccccc2)(c2ccccc2)C(C)(C)C)cc(OS(=O)(=O)C(F)(F)F)c1. The Balaban J connectivity index is 0.000000261. The van der Waals surface area contributed by atoms with E-state index in [9.17, 15) is 31.5 Å². The van der Waals surface area contributed by atoms with Gasteiger partial charge >= 0.3 is 37.0 Å². The van der Waals surface area contributed by atoms with Crippen LogP contribution in [0.3, 0.4) is 0 Å².